The van der Waals surface area contributed by atoms with Crippen LogP contribution in [-0.4, -0.2) is 15.9 Å². The number of amides is 1. The maximum absolute atomic E-state index is 13.6. The third kappa shape index (κ3) is 3.92. The van der Waals surface area contributed by atoms with Crippen LogP contribution >= 0.6 is 11.6 Å². The highest BCUT2D eigenvalue weighted by Gasteiger charge is 2.11. The van der Waals surface area contributed by atoms with Gasteiger partial charge < -0.3 is 10.6 Å². The number of halogens is 2. The standard InChI is InChI=1S/C18H14ClFN4O/c1-11-12(19)5-4-8-14(11)24-18(25)16-9-22-17(10-21-16)23-15-7-3-2-6-13(15)20/h2-10H,1H3,(H,22,23)(H,24,25). The van der Waals surface area contributed by atoms with Crippen LogP contribution in [0.15, 0.2) is 54.9 Å². The largest absolute Gasteiger partial charge is 0.337 e. The first-order valence-electron chi connectivity index (χ1n) is 7.44. The molecular formula is C18H14ClFN4O. The summed E-state index contributed by atoms with van der Waals surface area (Å²) in [6.07, 6.45) is 2.69. The minimum atomic E-state index is -0.407. The maximum atomic E-state index is 13.6. The number of benzene rings is 2. The Morgan fingerprint density at radius 3 is 2.52 bits per heavy atom. The highest BCUT2D eigenvalue weighted by molar-refractivity contribution is 6.31. The second-order valence-corrected chi connectivity index (χ2v) is 5.67. The molecule has 0 unspecified atom stereocenters. The molecule has 7 heteroatoms. The first-order valence-corrected chi connectivity index (χ1v) is 7.82. The minimum absolute atomic E-state index is 0.137. The number of carbonyl (C=O) groups excluding carboxylic acids is 1. The van der Waals surface area contributed by atoms with Crippen molar-refractivity contribution in [1.29, 1.82) is 0 Å². The monoisotopic (exact) mass is 356 g/mol. The van der Waals surface area contributed by atoms with Crippen LogP contribution in [0.1, 0.15) is 16.1 Å². The highest BCUT2D eigenvalue weighted by atomic mass is 35.5. The van der Waals surface area contributed by atoms with Crippen molar-refractivity contribution in [2.45, 2.75) is 6.92 Å². The summed E-state index contributed by atoms with van der Waals surface area (Å²) in [7, 11) is 0. The molecule has 0 radical (unpaired) electrons. The molecule has 2 N–H and O–H groups in total. The van der Waals surface area contributed by atoms with Gasteiger partial charge in [0.1, 0.15) is 17.3 Å². The fourth-order valence-corrected chi connectivity index (χ4v) is 2.31. The third-order valence-electron chi connectivity index (χ3n) is 3.54. The lowest BCUT2D eigenvalue weighted by molar-refractivity contribution is 0.102. The molecule has 1 aromatic heterocycles. The molecule has 25 heavy (non-hydrogen) atoms. The number of nitrogens with one attached hydrogen (secondary N) is 2. The zero-order valence-corrected chi connectivity index (χ0v) is 14.0. The van der Waals surface area contributed by atoms with Crippen LogP contribution < -0.4 is 10.6 Å². The summed E-state index contributed by atoms with van der Waals surface area (Å²) < 4.78 is 13.6. The van der Waals surface area contributed by atoms with E-state index < -0.39 is 11.7 Å². The number of rotatable bonds is 4. The summed E-state index contributed by atoms with van der Waals surface area (Å²) in [6.45, 7) is 1.81. The zero-order valence-electron chi connectivity index (χ0n) is 13.3. The summed E-state index contributed by atoms with van der Waals surface area (Å²) >= 11 is 6.04. The first kappa shape index (κ1) is 16.9. The molecule has 5 nitrogen and oxygen atoms in total. The molecule has 0 bridgehead atoms. The van der Waals surface area contributed by atoms with Gasteiger partial charge in [0.05, 0.1) is 18.1 Å². The van der Waals surface area contributed by atoms with Crippen LogP contribution in [0.4, 0.5) is 21.6 Å². The van der Waals surface area contributed by atoms with Gasteiger partial charge >= 0.3 is 0 Å². The lowest BCUT2D eigenvalue weighted by atomic mass is 10.2. The Bertz CT molecular complexity index is 915. The van der Waals surface area contributed by atoms with Gasteiger partial charge in [-0.1, -0.05) is 29.8 Å². The Morgan fingerprint density at radius 2 is 1.80 bits per heavy atom. The van der Waals surface area contributed by atoms with E-state index in [0.29, 0.717) is 16.5 Å². The topological polar surface area (TPSA) is 66.9 Å². The summed E-state index contributed by atoms with van der Waals surface area (Å²) in [5.74, 6) is -0.474. The van der Waals surface area contributed by atoms with Crippen LogP contribution in [0.5, 0.6) is 0 Å². The van der Waals surface area contributed by atoms with Crippen LogP contribution in [-0.2, 0) is 0 Å². The van der Waals surface area contributed by atoms with E-state index in [-0.39, 0.29) is 11.4 Å². The maximum Gasteiger partial charge on any atom is 0.275 e. The third-order valence-corrected chi connectivity index (χ3v) is 3.95. The van der Waals surface area contributed by atoms with E-state index in [9.17, 15) is 9.18 Å². The van der Waals surface area contributed by atoms with Gasteiger partial charge in [-0.25, -0.2) is 14.4 Å². The molecule has 0 aliphatic carbocycles. The second-order valence-electron chi connectivity index (χ2n) is 5.26. The molecule has 0 aliphatic heterocycles. The van der Waals surface area contributed by atoms with Crippen molar-refractivity contribution in [2.24, 2.45) is 0 Å². The van der Waals surface area contributed by atoms with Crippen molar-refractivity contribution in [3.8, 4) is 0 Å². The molecule has 0 spiro atoms. The van der Waals surface area contributed by atoms with Gasteiger partial charge in [0.15, 0.2) is 0 Å². The molecular weight excluding hydrogens is 343 g/mol. The second kappa shape index (κ2) is 7.27. The van der Waals surface area contributed by atoms with Gasteiger partial charge in [-0.3, -0.25) is 4.79 Å². The number of para-hydroxylation sites is 1. The van der Waals surface area contributed by atoms with E-state index in [2.05, 4.69) is 20.6 Å². The summed E-state index contributed by atoms with van der Waals surface area (Å²) in [6, 6.07) is 11.5. The fraction of sp³-hybridized carbons (Fsp3) is 0.0556. The molecule has 1 amide bonds. The predicted octanol–water partition coefficient (Wildman–Crippen LogP) is 4.57. The number of nitrogens with zero attached hydrogens (tertiary/aromatic N) is 2. The molecule has 0 aliphatic rings. The Balaban J connectivity index is 1.72. The molecule has 126 valence electrons. The van der Waals surface area contributed by atoms with E-state index >= 15 is 0 Å². The number of hydrogen-bond acceptors (Lipinski definition) is 4. The van der Waals surface area contributed by atoms with E-state index in [4.69, 9.17) is 11.6 Å². The van der Waals surface area contributed by atoms with Crippen LogP contribution in [0.2, 0.25) is 5.02 Å². The molecule has 0 fully saturated rings. The lowest BCUT2D eigenvalue weighted by Gasteiger charge is -2.09. The smallest absolute Gasteiger partial charge is 0.275 e. The minimum Gasteiger partial charge on any atom is -0.337 e. The normalized spacial score (nSPS) is 10.4. The lowest BCUT2D eigenvalue weighted by Crippen LogP contribution is -2.15. The van der Waals surface area contributed by atoms with Gasteiger partial charge in [0.2, 0.25) is 0 Å². The Hall–Kier alpha value is -2.99. The van der Waals surface area contributed by atoms with Crippen LogP contribution in [0, 0.1) is 12.7 Å². The van der Waals surface area contributed by atoms with Gasteiger partial charge in [-0.15, -0.1) is 0 Å². The van der Waals surface area contributed by atoms with Crippen molar-refractivity contribution in [2.75, 3.05) is 10.6 Å². The van der Waals surface area contributed by atoms with Gasteiger partial charge in [0, 0.05) is 10.7 Å². The molecule has 0 saturated carbocycles. The van der Waals surface area contributed by atoms with E-state index in [1.54, 1.807) is 36.4 Å². The molecule has 0 atom stereocenters. The molecule has 0 saturated heterocycles. The van der Waals surface area contributed by atoms with Gasteiger partial charge in [0.25, 0.3) is 5.91 Å². The van der Waals surface area contributed by atoms with Crippen molar-refractivity contribution < 1.29 is 9.18 Å². The van der Waals surface area contributed by atoms with E-state index in [1.807, 2.05) is 6.92 Å². The zero-order chi connectivity index (χ0) is 17.8. The molecule has 2 aromatic carbocycles. The highest BCUT2D eigenvalue weighted by Crippen LogP contribution is 2.23. The molecule has 3 rings (SSSR count). The quantitative estimate of drug-likeness (QED) is 0.718. The van der Waals surface area contributed by atoms with Crippen LogP contribution in [0.25, 0.3) is 0 Å². The van der Waals surface area contributed by atoms with Gasteiger partial charge in [-0.2, -0.15) is 0 Å². The number of aromatic nitrogens is 2. The van der Waals surface area contributed by atoms with Crippen LogP contribution in [0.3, 0.4) is 0 Å². The average molecular weight is 357 g/mol. The average Bonchev–Trinajstić information content (AvgIpc) is 2.61. The van der Waals surface area contributed by atoms with Crippen molar-refractivity contribution in [3.63, 3.8) is 0 Å². The summed E-state index contributed by atoms with van der Waals surface area (Å²) in [4.78, 5) is 20.4. The Kier molecular flexibility index (Phi) is 4.90. The fourth-order valence-electron chi connectivity index (χ4n) is 2.14. The van der Waals surface area contributed by atoms with E-state index in [1.165, 1.54) is 18.5 Å². The predicted molar refractivity (Wildman–Crippen MR) is 95.9 cm³/mol. The molecule has 1 heterocycles. The first-order chi connectivity index (χ1) is 12.0. The number of hydrogen-bond donors (Lipinski definition) is 2. The van der Waals surface area contributed by atoms with Crippen molar-refractivity contribution in [1.82, 2.24) is 9.97 Å². The summed E-state index contributed by atoms with van der Waals surface area (Å²) in [5.41, 5.74) is 1.79. The molecule has 3 aromatic rings. The van der Waals surface area contributed by atoms with Crippen molar-refractivity contribution in [3.05, 3.63) is 77.0 Å². The summed E-state index contributed by atoms with van der Waals surface area (Å²) in [5, 5.41) is 6.11. The van der Waals surface area contributed by atoms with Crippen molar-refractivity contribution >= 4 is 34.7 Å². The Morgan fingerprint density at radius 1 is 1.04 bits per heavy atom. The SMILES string of the molecule is Cc1c(Cl)cccc1NC(=O)c1cnc(Nc2ccccc2F)cn1. The number of carbonyl (C=O) groups is 1. The Labute approximate surface area is 148 Å². The number of anilines is 3. The van der Waals surface area contributed by atoms with E-state index in [0.717, 1.165) is 5.56 Å². The van der Waals surface area contributed by atoms with Gasteiger partial charge in [-0.05, 0) is 36.8 Å².